The molecule has 306 valence electrons. The summed E-state index contributed by atoms with van der Waals surface area (Å²) in [6.07, 6.45) is 1.76. The van der Waals surface area contributed by atoms with Gasteiger partial charge in [-0.1, -0.05) is 130 Å². The summed E-state index contributed by atoms with van der Waals surface area (Å²) in [4.78, 5) is 10.2. The highest BCUT2D eigenvalue weighted by atomic mass is 16.3. The van der Waals surface area contributed by atoms with Crippen LogP contribution in [0.2, 0.25) is 0 Å². The van der Waals surface area contributed by atoms with Crippen LogP contribution < -0.4 is 0 Å². The van der Waals surface area contributed by atoms with Crippen LogP contribution in [-0.2, 0) is 0 Å². The molecule has 0 radical (unpaired) electrons. The second-order valence-electron chi connectivity index (χ2n) is 16.8. The number of para-hydroxylation sites is 1. The van der Waals surface area contributed by atoms with Gasteiger partial charge in [0.15, 0.2) is 0 Å². The Kier molecular flexibility index (Phi) is 8.67. The number of phenolic OH excluding ortho intramolecular Hbond substituents is 1. The van der Waals surface area contributed by atoms with Crippen molar-refractivity contribution in [2.45, 2.75) is 67.1 Å². The zero-order chi connectivity index (χ0) is 49.2. The number of aryl methyl sites for hydroxylation is 4. The van der Waals surface area contributed by atoms with Crippen molar-refractivity contribution in [3.63, 3.8) is 0 Å². The molecule has 2 aromatic heterocycles. The van der Waals surface area contributed by atoms with Crippen LogP contribution in [0, 0.1) is 27.6 Å². The van der Waals surface area contributed by atoms with E-state index in [0.29, 0.717) is 44.9 Å². The summed E-state index contributed by atoms with van der Waals surface area (Å²) < 4.78 is 61.7. The third-order valence-electron chi connectivity index (χ3n) is 11.8. The minimum atomic E-state index is -2.58. The van der Waals surface area contributed by atoms with Crippen LogP contribution >= 0.6 is 0 Å². The first kappa shape index (κ1) is 32.7. The molecule has 0 aliphatic carbocycles. The normalized spacial score (nSPS) is 13.8. The van der Waals surface area contributed by atoms with Gasteiger partial charge in [-0.25, -0.2) is 4.98 Å². The summed E-state index contributed by atoms with van der Waals surface area (Å²) in [5.74, 6) is -0.424. The smallest absolute Gasteiger partial charge is 0.149 e. The molecule has 7 aromatic carbocycles. The first-order chi connectivity index (χ1) is 32.7. The summed E-state index contributed by atoms with van der Waals surface area (Å²) >= 11 is 0. The monoisotopic (exact) mass is 814 g/mol. The first-order valence-corrected chi connectivity index (χ1v) is 21.1. The lowest BCUT2D eigenvalue weighted by Gasteiger charge is -2.21. The van der Waals surface area contributed by atoms with E-state index in [1.165, 1.54) is 0 Å². The molecule has 0 aliphatic heterocycles. The molecule has 4 heteroatoms. The van der Waals surface area contributed by atoms with E-state index in [2.05, 4.69) is 50.2 Å². The highest BCUT2D eigenvalue weighted by Crippen LogP contribution is 2.43. The Hall–Kier alpha value is -7.04. The van der Waals surface area contributed by atoms with E-state index in [0.717, 1.165) is 61.2 Å². The summed E-state index contributed by atoms with van der Waals surface area (Å²) in [5.41, 5.74) is 14.3. The number of pyridine rings is 1. The molecule has 1 N–H and O–H groups in total. The zero-order valence-electron chi connectivity index (χ0n) is 42.9. The lowest BCUT2D eigenvalue weighted by atomic mass is 9.84. The summed E-state index contributed by atoms with van der Waals surface area (Å²) in [6.45, 7) is 6.93. The van der Waals surface area contributed by atoms with E-state index in [1.807, 2.05) is 129 Å². The standard InChI is InChI=1S/C58H53N3O/c1-35(2)48-16-12-17-49(36(3)4)55(48)44-24-25-53(39(7)30-44)61-54-19-13-18-50(56(54)60-58(61)51-29-38(6)28-40(8)57(51)62)46-31-45(41-14-10-9-11-15-41)32-47(33-46)52-34-43(26-27-59-52)42-22-20-37(5)21-23-42/h9-36,62H,1-8H3/i5D3,7D3,35D. The molecule has 9 aromatic rings. The molecule has 2 heterocycles. The summed E-state index contributed by atoms with van der Waals surface area (Å²) in [5, 5.41) is 11.8. The Labute approximate surface area is 376 Å². The van der Waals surface area contributed by atoms with Gasteiger partial charge in [-0.15, -0.1) is 0 Å². The predicted octanol–water partition coefficient (Wildman–Crippen LogP) is 15.6. The number of rotatable bonds is 9. The number of imidazole rings is 1. The van der Waals surface area contributed by atoms with Crippen molar-refractivity contribution < 1.29 is 14.7 Å². The largest absolute Gasteiger partial charge is 0.507 e. The molecule has 0 bridgehead atoms. The van der Waals surface area contributed by atoms with Crippen LogP contribution in [0.4, 0.5) is 0 Å². The van der Waals surface area contributed by atoms with Gasteiger partial charge in [0.05, 0.1) is 28.0 Å². The van der Waals surface area contributed by atoms with Crippen LogP contribution in [0.1, 0.15) is 82.5 Å². The predicted molar refractivity (Wildman–Crippen MR) is 260 cm³/mol. The number of fused-ring (bicyclic) bond motifs is 1. The molecule has 62 heavy (non-hydrogen) atoms. The van der Waals surface area contributed by atoms with Crippen molar-refractivity contribution in [3.05, 3.63) is 191 Å². The molecule has 0 unspecified atom stereocenters. The second-order valence-corrected chi connectivity index (χ2v) is 16.8. The fourth-order valence-corrected chi connectivity index (χ4v) is 8.72. The lowest BCUT2D eigenvalue weighted by Crippen LogP contribution is -2.03. The van der Waals surface area contributed by atoms with Gasteiger partial charge in [0.25, 0.3) is 0 Å². The molecule has 0 spiro atoms. The molecule has 4 nitrogen and oxygen atoms in total. The van der Waals surface area contributed by atoms with Crippen molar-refractivity contribution >= 4 is 11.0 Å². The number of aromatic nitrogens is 3. The van der Waals surface area contributed by atoms with Gasteiger partial charge in [0.2, 0.25) is 0 Å². The fourth-order valence-electron chi connectivity index (χ4n) is 8.72. The second kappa shape index (κ2) is 16.4. The van der Waals surface area contributed by atoms with Crippen molar-refractivity contribution in [1.29, 1.82) is 0 Å². The lowest BCUT2D eigenvalue weighted by molar-refractivity contribution is 0.472. The van der Waals surface area contributed by atoms with Crippen molar-refractivity contribution in [3.8, 4) is 78.6 Å². The van der Waals surface area contributed by atoms with Gasteiger partial charge in [-0.2, -0.15) is 0 Å². The highest BCUT2D eigenvalue weighted by Gasteiger charge is 2.24. The van der Waals surface area contributed by atoms with Crippen molar-refractivity contribution in [1.82, 2.24) is 14.5 Å². The maximum Gasteiger partial charge on any atom is 0.149 e. The Morgan fingerprint density at radius 3 is 2.05 bits per heavy atom. The van der Waals surface area contributed by atoms with Crippen LogP contribution in [0.3, 0.4) is 0 Å². The molecule has 0 saturated carbocycles. The topological polar surface area (TPSA) is 50.9 Å². The van der Waals surface area contributed by atoms with E-state index >= 15 is 0 Å². The number of aromatic hydroxyl groups is 1. The number of benzene rings is 7. The molecule has 0 saturated heterocycles. The average Bonchev–Trinajstić information content (AvgIpc) is 3.71. The van der Waals surface area contributed by atoms with Crippen LogP contribution in [-0.4, -0.2) is 19.6 Å². The Morgan fingerprint density at radius 2 is 1.29 bits per heavy atom. The molecule has 0 fully saturated rings. The Bertz CT molecular complexity index is 3400. The van der Waals surface area contributed by atoms with Gasteiger partial charge >= 0.3 is 0 Å². The number of nitrogens with zero attached hydrogens (tertiary/aromatic N) is 3. The minimum Gasteiger partial charge on any atom is -0.507 e. The van der Waals surface area contributed by atoms with E-state index in [9.17, 15) is 5.11 Å². The van der Waals surface area contributed by atoms with E-state index in [4.69, 9.17) is 19.6 Å². The van der Waals surface area contributed by atoms with Gasteiger partial charge in [0, 0.05) is 26.9 Å². The minimum absolute atomic E-state index is 0.0475. The van der Waals surface area contributed by atoms with Crippen LogP contribution in [0.25, 0.3) is 83.9 Å². The van der Waals surface area contributed by atoms with Gasteiger partial charge in [-0.3, -0.25) is 9.55 Å². The third kappa shape index (κ3) is 7.51. The highest BCUT2D eigenvalue weighted by molar-refractivity contribution is 5.98. The van der Waals surface area contributed by atoms with E-state index < -0.39 is 19.6 Å². The summed E-state index contributed by atoms with van der Waals surface area (Å²) in [7, 11) is 0. The Morgan fingerprint density at radius 1 is 0.565 bits per heavy atom. The number of hydrogen-bond donors (Lipinski definition) is 1. The average molecular weight is 815 g/mol. The zero-order valence-corrected chi connectivity index (χ0v) is 35.9. The summed E-state index contributed by atoms with van der Waals surface area (Å²) in [6, 6.07) is 48.4. The van der Waals surface area contributed by atoms with Gasteiger partial charge < -0.3 is 5.11 Å². The van der Waals surface area contributed by atoms with E-state index in [-0.39, 0.29) is 22.8 Å². The SMILES string of the molecule is [2H]C([2H])([2H])c1ccc(-c2ccnc(-c3cc(-c4ccccc4)cc(-c4cccc5c4nc(-c4cc(C)cc(C)c4O)n5-c4ccc(-c5c(C(C)C)cccc5C([2H])(C)C)cc4C([2H])([2H])[2H])c3)c2)cc1. The van der Waals surface area contributed by atoms with E-state index in [1.54, 1.807) is 24.4 Å². The molecule has 9 rings (SSSR count). The maximum atomic E-state index is 11.8. The first-order valence-electron chi connectivity index (χ1n) is 24.6. The van der Waals surface area contributed by atoms with Crippen molar-refractivity contribution in [2.24, 2.45) is 0 Å². The molecular formula is C58H53N3O. The van der Waals surface area contributed by atoms with Crippen LogP contribution in [0.15, 0.2) is 158 Å². The van der Waals surface area contributed by atoms with Gasteiger partial charge in [0.1, 0.15) is 11.6 Å². The molecule has 0 amide bonds. The third-order valence-corrected chi connectivity index (χ3v) is 11.8. The van der Waals surface area contributed by atoms with Crippen molar-refractivity contribution in [2.75, 3.05) is 0 Å². The quantitative estimate of drug-likeness (QED) is 0.158. The molecule has 0 atom stereocenters. The fraction of sp³-hybridized carbons (Fsp3) is 0.172. The molecular weight excluding hydrogens is 755 g/mol. The molecule has 0 aliphatic rings. The Balaban J connectivity index is 1.30. The maximum absolute atomic E-state index is 11.8. The number of hydrogen-bond acceptors (Lipinski definition) is 3. The van der Waals surface area contributed by atoms with Gasteiger partial charge in [-0.05, 0) is 161 Å². The number of phenols is 1. The van der Waals surface area contributed by atoms with Crippen LogP contribution in [0.5, 0.6) is 5.75 Å².